The van der Waals surface area contributed by atoms with Crippen molar-refractivity contribution in [2.24, 2.45) is 0 Å². The van der Waals surface area contributed by atoms with Gasteiger partial charge in [-0.2, -0.15) is 0 Å². The van der Waals surface area contributed by atoms with Gasteiger partial charge < -0.3 is 14.8 Å². The van der Waals surface area contributed by atoms with E-state index >= 15 is 0 Å². The molecule has 2 heterocycles. The first kappa shape index (κ1) is 13.5. The maximum absolute atomic E-state index is 11.4. The molecule has 4 nitrogen and oxygen atoms in total. The summed E-state index contributed by atoms with van der Waals surface area (Å²) in [4.78, 5) is 15.3. The molecule has 0 saturated heterocycles. The van der Waals surface area contributed by atoms with Crippen molar-refractivity contribution in [3.63, 3.8) is 0 Å². The molecule has 2 N–H and O–H groups in total. The summed E-state index contributed by atoms with van der Waals surface area (Å²) >= 11 is 1.52. The minimum absolute atomic E-state index is 0.211. The van der Waals surface area contributed by atoms with Crippen LogP contribution in [0.5, 0.6) is 5.75 Å². The quantitative estimate of drug-likeness (QED) is 0.762. The molecular weight excluding hydrogens is 286 g/mol. The van der Waals surface area contributed by atoms with Gasteiger partial charge in [-0.15, -0.1) is 11.3 Å². The lowest BCUT2D eigenvalue weighted by atomic mass is 10.1. The number of nitrogens with one attached hydrogen (secondary N) is 1. The summed E-state index contributed by atoms with van der Waals surface area (Å²) in [6.45, 7) is 0. The smallest absolute Gasteiger partial charge is 0.352 e. The first-order valence-corrected chi connectivity index (χ1v) is 7.21. The molecule has 0 aliphatic carbocycles. The van der Waals surface area contributed by atoms with Gasteiger partial charge in [0.25, 0.3) is 0 Å². The second kappa shape index (κ2) is 5.46. The van der Waals surface area contributed by atoms with Crippen molar-refractivity contribution < 1.29 is 14.6 Å². The Morgan fingerprint density at radius 1 is 1.24 bits per heavy atom. The number of H-pyrrole nitrogens is 1. The fourth-order valence-corrected chi connectivity index (χ4v) is 2.92. The first-order chi connectivity index (χ1) is 10.2. The highest BCUT2D eigenvalue weighted by Gasteiger charge is 2.17. The van der Waals surface area contributed by atoms with Crippen molar-refractivity contribution in [1.82, 2.24) is 4.98 Å². The van der Waals surface area contributed by atoms with Gasteiger partial charge in [-0.3, -0.25) is 0 Å². The van der Waals surface area contributed by atoms with Crippen LogP contribution in [0.2, 0.25) is 0 Å². The van der Waals surface area contributed by atoms with E-state index in [4.69, 9.17) is 4.74 Å². The van der Waals surface area contributed by atoms with E-state index in [1.54, 1.807) is 7.11 Å². The number of carboxylic acids is 1. The average Bonchev–Trinajstić information content (AvgIpc) is 3.16. The Kier molecular flexibility index (Phi) is 3.50. The van der Waals surface area contributed by atoms with Crippen molar-refractivity contribution in [2.45, 2.75) is 0 Å². The third kappa shape index (κ3) is 2.55. The van der Waals surface area contributed by atoms with Crippen molar-refractivity contribution in [3.05, 3.63) is 53.5 Å². The minimum Gasteiger partial charge on any atom is -0.497 e. The monoisotopic (exact) mass is 299 g/mol. The van der Waals surface area contributed by atoms with Crippen LogP contribution in [-0.4, -0.2) is 23.2 Å². The van der Waals surface area contributed by atoms with Crippen LogP contribution in [0, 0.1) is 0 Å². The molecule has 3 rings (SSSR count). The maximum Gasteiger partial charge on any atom is 0.352 e. The predicted molar refractivity (Wildman–Crippen MR) is 83.1 cm³/mol. The van der Waals surface area contributed by atoms with Gasteiger partial charge in [0.1, 0.15) is 11.4 Å². The molecule has 0 amide bonds. The lowest BCUT2D eigenvalue weighted by molar-refractivity contribution is 0.0692. The normalized spacial score (nSPS) is 10.5. The number of thiophene rings is 1. The Balaban J connectivity index is 2.07. The van der Waals surface area contributed by atoms with Crippen LogP contribution < -0.4 is 4.74 Å². The summed E-state index contributed by atoms with van der Waals surface area (Å²) in [6, 6.07) is 13.2. The zero-order chi connectivity index (χ0) is 14.8. The maximum atomic E-state index is 11.4. The van der Waals surface area contributed by atoms with E-state index in [2.05, 4.69) is 4.98 Å². The fraction of sp³-hybridized carbons (Fsp3) is 0.0625. The van der Waals surface area contributed by atoms with Crippen molar-refractivity contribution in [2.75, 3.05) is 7.11 Å². The van der Waals surface area contributed by atoms with E-state index in [1.165, 1.54) is 11.3 Å². The molecule has 5 heteroatoms. The van der Waals surface area contributed by atoms with Gasteiger partial charge in [0.15, 0.2) is 0 Å². The van der Waals surface area contributed by atoms with E-state index < -0.39 is 5.97 Å². The van der Waals surface area contributed by atoms with Gasteiger partial charge >= 0.3 is 5.97 Å². The SMILES string of the molecule is COc1ccc(-c2cc(-c3cccs3)c(C(=O)O)[nH]2)cc1. The highest BCUT2D eigenvalue weighted by Crippen LogP contribution is 2.33. The summed E-state index contributed by atoms with van der Waals surface area (Å²) in [6.07, 6.45) is 0. The largest absolute Gasteiger partial charge is 0.497 e. The van der Waals surface area contributed by atoms with Gasteiger partial charge in [0, 0.05) is 16.1 Å². The number of hydrogen-bond acceptors (Lipinski definition) is 3. The van der Waals surface area contributed by atoms with Crippen LogP contribution in [0.1, 0.15) is 10.5 Å². The Hall–Kier alpha value is -2.53. The van der Waals surface area contributed by atoms with Gasteiger partial charge in [0.2, 0.25) is 0 Å². The molecule has 106 valence electrons. The molecule has 0 spiro atoms. The number of carboxylic acid groups (broad SMARTS) is 1. The van der Waals surface area contributed by atoms with Crippen molar-refractivity contribution in [1.29, 1.82) is 0 Å². The van der Waals surface area contributed by atoms with Gasteiger partial charge in [-0.25, -0.2) is 4.79 Å². The number of benzene rings is 1. The van der Waals surface area contributed by atoms with Crippen LogP contribution in [-0.2, 0) is 0 Å². The van der Waals surface area contributed by atoms with Crippen LogP contribution in [0.4, 0.5) is 0 Å². The summed E-state index contributed by atoms with van der Waals surface area (Å²) in [5, 5.41) is 11.3. The topological polar surface area (TPSA) is 62.3 Å². The molecular formula is C16H13NO3S. The third-order valence-corrected chi connectivity index (χ3v) is 4.12. The van der Waals surface area contributed by atoms with Crippen LogP contribution >= 0.6 is 11.3 Å². The molecule has 1 aromatic carbocycles. The number of aromatic nitrogens is 1. The predicted octanol–water partition coefficient (Wildman–Crippen LogP) is 4.12. The third-order valence-electron chi connectivity index (χ3n) is 3.22. The average molecular weight is 299 g/mol. The van der Waals surface area contributed by atoms with Crippen LogP contribution in [0.15, 0.2) is 47.8 Å². The van der Waals surface area contributed by atoms with Crippen LogP contribution in [0.25, 0.3) is 21.7 Å². The highest BCUT2D eigenvalue weighted by atomic mass is 32.1. The fourth-order valence-electron chi connectivity index (χ4n) is 2.18. The molecule has 0 radical (unpaired) electrons. The van der Waals surface area contributed by atoms with E-state index in [9.17, 15) is 9.90 Å². The van der Waals surface area contributed by atoms with E-state index in [0.29, 0.717) is 5.56 Å². The molecule has 0 aliphatic heterocycles. The second-order valence-corrected chi connectivity index (χ2v) is 5.43. The van der Waals surface area contributed by atoms with E-state index in [-0.39, 0.29) is 5.69 Å². The number of aromatic carboxylic acids is 1. The number of carbonyl (C=O) groups is 1. The molecule has 2 aromatic heterocycles. The summed E-state index contributed by atoms with van der Waals surface area (Å²) in [7, 11) is 1.61. The molecule has 0 unspecified atom stereocenters. The Bertz CT molecular complexity index is 757. The lowest BCUT2D eigenvalue weighted by Gasteiger charge is -2.01. The molecule has 0 fully saturated rings. The first-order valence-electron chi connectivity index (χ1n) is 6.33. The van der Waals surface area contributed by atoms with E-state index in [0.717, 1.165) is 21.9 Å². The van der Waals surface area contributed by atoms with Gasteiger partial charge in [-0.05, 0) is 47.3 Å². The molecule has 0 atom stereocenters. The van der Waals surface area contributed by atoms with Crippen LogP contribution in [0.3, 0.4) is 0 Å². The zero-order valence-electron chi connectivity index (χ0n) is 11.3. The molecule has 0 saturated carbocycles. The number of ether oxygens (including phenoxy) is 1. The molecule has 0 bridgehead atoms. The minimum atomic E-state index is -0.960. The van der Waals surface area contributed by atoms with Crippen molar-refractivity contribution >= 4 is 17.3 Å². The Morgan fingerprint density at radius 3 is 2.57 bits per heavy atom. The lowest BCUT2D eigenvalue weighted by Crippen LogP contribution is -1.98. The highest BCUT2D eigenvalue weighted by molar-refractivity contribution is 7.13. The number of aromatic amines is 1. The Morgan fingerprint density at radius 2 is 2.00 bits per heavy atom. The van der Waals surface area contributed by atoms with Crippen molar-refractivity contribution in [3.8, 4) is 27.4 Å². The summed E-state index contributed by atoms with van der Waals surface area (Å²) < 4.78 is 5.13. The molecule has 0 aliphatic rings. The number of hydrogen-bond donors (Lipinski definition) is 2. The number of rotatable bonds is 4. The zero-order valence-corrected chi connectivity index (χ0v) is 12.1. The molecule has 21 heavy (non-hydrogen) atoms. The van der Waals surface area contributed by atoms with E-state index in [1.807, 2.05) is 47.8 Å². The standard InChI is InChI=1S/C16H13NO3S/c1-20-11-6-4-10(5-7-11)13-9-12(14-3-2-8-21-14)15(17-13)16(18)19/h2-9,17H,1H3,(H,18,19). The summed E-state index contributed by atoms with van der Waals surface area (Å²) in [5.74, 6) is -0.194. The van der Waals surface area contributed by atoms with Gasteiger partial charge in [-0.1, -0.05) is 6.07 Å². The number of methoxy groups -OCH3 is 1. The summed E-state index contributed by atoms with van der Waals surface area (Å²) in [5.41, 5.74) is 2.62. The Labute approximate surface area is 125 Å². The molecule has 3 aromatic rings. The van der Waals surface area contributed by atoms with Gasteiger partial charge in [0.05, 0.1) is 7.11 Å². The second-order valence-electron chi connectivity index (χ2n) is 4.48.